The summed E-state index contributed by atoms with van der Waals surface area (Å²) in [6, 6.07) is 5.45. The van der Waals surface area contributed by atoms with Crippen molar-refractivity contribution in [3.63, 3.8) is 0 Å². The highest BCUT2D eigenvalue weighted by Crippen LogP contribution is 2.35. The van der Waals surface area contributed by atoms with E-state index >= 15 is 0 Å². The van der Waals surface area contributed by atoms with E-state index in [1.54, 1.807) is 6.07 Å². The highest BCUT2D eigenvalue weighted by Gasteiger charge is 2.36. The third kappa shape index (κ3) is 5.63. The maximum Gasteiger partial charge on any atom is 0.222 e. The highest BCUT2D eigenvalue weighted by atomic mass is 35.5. The van der Waals surface area contributed by atoms with Crippen molar-refractivity contribution in [2.45, 2.75) is 46.6 Å². The molecule has 2 fully saturated rings. The fourth-order valence-electron chi connectivity index (χ4n) is 5.65. The van der Waals surface area contributed by atoms with Crippen LogP contribution >= 0.6 is 23.2 Å². The van der Waals surface area contributed by atoms with Gasteiger partial charge in [0.15, 0.2) is 5.65 Å². The summed E-state index contributed by atoms with van der Waals surface area (Å²) in [6.07, 6.45) is 4.36. The fraction of sp³-hybridized carbons (Fsp3) is 0.571. The third-order valence-electron chi connectivity index (χ3n) is 8.03. The van der Waals surface area contributed by atoms with E-state index in [-0.39, 0.29) is 17.9 Å². The van der Waals surface area contributed by atoms with Gasteiger partial charge in [0.2, 0.25) is 5.91 Å². The van der Waals surface area contributed by atoms with Crippen molar-refractivity contribution in [2.24, 2.45) is 17.8 Å². The number of piperidine rings is 1. The fourth-order valence-corrected chi connectivity index (χ4v) is 6.22. The lowest BCUT2D eigenvalue weighted by Crippen LogP contribution is -2.54. The average Bonchev–Trinajstić information content (AvgIpc) is 3.19. The van der Waals surface area contributed by atoms with Gasteiger partial charge in [-0.25, -0.2) is 14.6 Å². The van der Waals surface area contributed by atoms with Crippen molar-refractivity contribution in [3.8, 4) is 0 Å². The third-order valence-corrected chi connectivity index (χ3v) is 8.59. The lowest BCUT2D eigenvalue weighted by Gasteiger charge is -2.47. The molecule has 1 aromatic carbocycles. The average molecular weight is 559 g/mol. The second kappa shape index (κ2) is 11.4. The van der Waals surface area contributed by atoms with Crippen LogP contribution in [0.1, 0.15) is 50.9 Å². The number of likely N-dealkylation sites (tertiary alicyclic amines) is 1. The first-order chi connectivity index (χ1) is 18.2. The second-order valence-electron chi connectivity index (χ2n) is 11.1. The van der Waals surface area contributed by atoms with Crippen LogP contribution in [0.2, 0.25) is 10.0 Å². The Morgan fingerprint density at radius 1 is 1.16 bits per heavy atom. The van der Waals surface area contributed by atoms with Crippen molar-refractivity contribution in [2.75, 3.05) is 44.2 Å². The molecule has 3 aromatic rings. The number of halogens is 2. The molecule has 0 aliphatic carbocycles. The van der Waals surface area contributed by atoms with E-state index in [4.69, 9.17) is 38.3 Å². The first kappa shape index (κ1) is 27.2. The van der Waals surface area contributed by atoms with Gasteiger partial charge in [-0.05, 0) is 62.8 Å². The number of hydrogen-bond donors (Lipinski definition) is 1. The van der Waals surface area contributed by atoms with Crippen LogP contribution in [-0.2, 0) is 4.79 Å². The molecule has 204 valence electrons. The van der Waals surface area contributed by atoms with Gasteiger partial charge in [0.25, 0.3) is 0 Å². The smallest absolute Gasteiger partial charge is 0.222 e. The molecule has 2 aliphatic heterocycles. The zero-order chi connectivity index (χ0) is 27.0. The maximum absolute atomic E-state index is 11.9. The summed E-state index contributed by atoms with van der Waals surface area (Å²) >= 11 is 12.6. The van der Waals surface area contributed by atoms with Crippen molar-refractivity contribution >= 4 is 46.1 Å². The summed E-state index contributed by atoms with van der Waals surface area (Å²) in [6.45, 7) is 13.8. The second-order valence-corrected chi connectivity index (χ2v) is 11.9. The maximum atomic E-state index is 11.9. The van der Waals surface area contributed by atoms with Crippen molar-refractivity contribution in [1.29, 1.82) is 0 Å². The van der Waals surface area contributed by atoms with E-state index in [1.165, 1.54) is 12.8 Å². The number of hydrogen-bond acceptors (Lipinski definition) is 6. The van der Waals surface area contributed by atoms with E-state index in [0.29, 0.717) is 21.9 Å². The Bertz CT molecular complexity index is 1300. The Balaban J connectivity index is 1.23. The Kier molecular flexibility index (Phi) is 8.12. The molecular formula is C28H37Cl2N7O. The van der Waals surface area contributed by atoms with Gasteiger partial charge in [-0.1, -0.05) is 43.1 Å². The Labute approximate surface area is 234 Å². The number of amides is 1. The van der Waals surface area contributed by atoms with Crippen LogP contribution in [0.25, 0.3) is 11.2 Å². The molecule has 0 radical (unpaired) electrons. The number of nitrogens with zero attached hydrogens (tertiary/aromatic N) is 6. The highest BCUT2D eigenvalue weighted by molar-refractivity contribution is 6.35. The Morgan fingerprint density at radius 2 is 1.95 bits per heavy atom. The number of carbonyl (C=O) groups is 1. The monoisotopic (exact) mass is 557 g/mol. The zero-order valence-corrected chi connectivity index (χ0v) is 24.1. The molecular weight excluding hydrogens is 521 g/mol. The van der Waals surface area contributed by atoms with Crippen LogP contribution in [0.3, 0.4) is 0 Å². The predicted octanol–water partition coefficient (Wildman–Crippen LogP) is 4.97. The van der Waals surface area contributed by atoms with E-state index in [9.17, 15) is 4.79 Å². The minimum atomic E-state index is -0.108. The molecule has 4 heterocycles. The molecule has 1 unspecified atom stereocenters. The summed E-state index contributed by atoms with van der Waals surface area (Å²) in [5.74, 6) is 2.39. The molecule has 0 saturated carbocycles. The summed E-state index contributed by atoms with van der Waals surface area (Å²) in [7, 11) is 0. The van der Waals surface area contributed by atoms with E-state index < -0.39 is 0 Å². The first-order valence-electron chi connectivity index (χ1n) is 13.6. The molecule has 1 amide bonds. The molecule has 2 saturated heterocycles. The molecule has 0 spiro atoms. The number of rotatable bonds is 8. The van der Waals surface area contributed by atoms with Gasteiger partial charge in [0, 0.05) is 48.7 Å². The molecule has 2 aliphatic rings. The van der Waals surface area contributed by atoms with Crippen LogP contribution in [-0.4, -0.2) is 69.8 Å². The van der Waals surface area contributed by atoms with Crippen LogP contribution in [0.5, 0.6) is 0 Å². The summed E-state index contributed by atoms with van der Waals surface area (Å²) < 4.78 is 1.92. The summed E-state index contributed by atoms with van der Waals surface area (Å²) in [5.41, 5.74) is 3.39. The van der Waals surface area contributed by atoms with E-state index in [0.717, 1.165) is 67.5 Å². The lowest BCUT2D eigenvalue weighted by atomic mass is 9.80. The molecule has 1 N–H and O–H groups in total. The van der Waals surface area contributed by atoms with Crippen molar-refractivity contribution in [3.05, 3.63) is 45.7 Å². The van der Waals surface area contributed by atoms with Gasteiger partial charge in [-0.2, -0.15) is 5.10 Å². The van der Waals surface area contributed by atoms with E-state index in [2.05, 4.69) is 22.0 Å². The van der Waals surface area contributed by atoms with Crippen LogP contribution in [0.15, 0.2) is 24.4 Å². The summed E-state index contributed by atoms with van der Waals surface area (Å²) in [5, 5.41) is 9.04. The van der Waals surface area contributed by atoms with Gasteiger partial charge in [-0.15, -0.1) is 0 Å². The van der Waals surface area contributed by atoms with Crippen LogP contribution in [0.4, 0.5) is 5.82 Å². The summed E-state index contributed by atoms with van der Waals surface area (Å²) in [4.78, 5) is 26.5. The first-order valence-corrected chi connectivity index (χ1v) is 14.4. The lowest BCUT2D eigenvalue weighted by molar-refractivity contribution is -0.124. The number of anilines is 1. The number of benzene rings is 1. The molecule has 8 nitrogen and oxygen atoms in total. The minimum Gasteiger partial charge on any atom is -0.355 e. The molecule has 2 atom stereocenters. The van der Waals surface area contributed by atoms with Crippen LogP contribution in [0, 0.1) is 24.7 Å². The molecule has 2 aromatic heterocycles. The number of aryl methyl sites for hydroxylation is 1. The minimum absolute atomic E-state index is 0.0355. The standard InChI is InChI=1S/C28H37Cl2N7O/c1-17(2)28(38)31-9-11-35-10-5-6-20(14-35)21-15-36(16-21)25-13-32-26-18(3)34-37(27(26)33-25)19(4)23-8-7-22(29)12-24(23)30/h7-8,12-13,17,19-21H,5-6,9-11,14-16H2,1-4H3,(H,31,38)/t19-,20?/m1/s1. The SMILES string of the molecule is Cc1nn([C@H](C)c2ccc(Cl)cc2Cl)c2nc(N3CC(C4CCCN(CCNC(=O)C(C)C)C4)C3)cnc12. The van der Waals surface area contributed by atoms with Gasteiger partial charge < -0.3 is 15.1 Å². The molecule has 10 heteroatoms. The quantitative estimate of drug-likeness (QED) is 0.421. The van der Waals surface area contributed by atoms with E-state index in [1.807, 2.05) is 43.8 Å². The largest absolute Gasteiger partial charge is 0.355 e. The normalized spacial score (nSPS) is 19.7. The topological polar surface area (TPSA) is 79.2 Å². The van der Waals surface area contributed by atoms with Crippen molar-refractivity contribution in [1.82, 2.24) is 30.0 Å². The molecule has 0 bridgehead atoms. The number of aromatic nitrogens is 4. The van der Waals surface area contributed by atoms with Gasteiger partial charge in [-0.3, -0.25) is 4.79 Å². The zero-order valence-electron chi connectivity index (χ0n) is 22.6. The molecule has 5 rings (SSSR count). The number of fused-ring (bicyclic) bond motifs is 1. The Morgan fingerprint density at radius 3 is 2.68 bits per heavy atom. The number of nitrogens with one attached hydrogen (secondary N) is 1. The van der Waals surface area contributed by atoms with Gasteiger partial charge in [0.1, 0.15) is 11.3 Å². The molecule has 38 heavy (non-hydrogen) atoms. The van der Waals surface area contributed by atoms with Gasteiger partial charge in [0.05, 0.1) is 17.9 Å². The van der Waals surface area contributed by atoms with Crippen LogP contribution < -0.4 is 10.2 Å². The van der Waals surface area contributed by atoms with Crippen molar-refractivity contribution < 1.29 is 4.79 Å². The predicted molar refractivity (Wildman–Crippen MR) is 153 cm³/mol. The van der Waals surface area contributed by atoms with Gasteiger partial charge >= 0.3 is 0 Å². The number of carbonyl (C=O) groups excluding carboxylic acids is 1. The Hall–Kier alpha value is -2.42.